The van der Waals surface area contributed by atoms with Crippen molar-refractivity contribution in [1.29, 1.82) is 0 Å². The third-order valence-corrected chi connectivity index (χ3v) is 5.27. The molecule has 2 heterocycles. The van der Waals surface area contributed by atoms with E-state index in [9.17, 15) is 14.4 Å². The van der Waals surface area contributed by atoms with Crippen molar-refractivity contribution in [3.63, 3.8) is 0 Å². The van der Waals surface area contributed by atoms with Crippen molar-refractivity contribution in [3.05, 3.63) is 69.6 Å². The van der Waals surface area contributed by atoms with Crippen molar-refractivity contribution in [2.24, 2.45) is 11.8 Å². The summed E-state index contributed by atoms with van der Waals surface area (Å²) in [5.41, 5.74) is 0.746. The number of benzene rings is 1. The first-order valence-corrected chi connectivity index (χ1v) is 8.97. The third kappa shape index (κ3) is 3.38. The Bertz CT molecular complexity index is 928. The van der Waals surface area contributed by atoms with E-state index in [0.717, 1.165) is 5.56 Å². The summed E-state index contributed by atoms with van der Waals surface area (Å²) in [6.07, 6.45) is 1.52. The van der Waals surface area contributed by atoms with Crippen LogP contribution in [0.5, 0.6) is 0 Å². The van der Waals surface area contributed by atoms with E-state index in [1.54, 1.807) is 0 Å². The molecule has 140 valence electrons. The fourth-order valence-electron chi connectivity index (χ4n) is 3.64. The molecule has 7 heteroatoms. The quantitative estimate of drug-likeness (QED) is 0.811. The van der Waals surface area contributed by atoms with E-state index in [1.165, 1.54) is 23.9 Å². The van der Waals surface area contributed by atoms with Gasteiger partial charge >= 0.3 is 0 Å². The fraction of sp³-hybridized carbons (Fsp3) is 0.350. The summed E-state index contributed by atoms with van der Waals surface area (Å²) in [5.74, 6) is -0.0281. The lowest BCUT2D eigenvalue weighted by molar-refractivity contribution is 0.0928. The minimum Gasteiger partial charge on any atom is -0.381 e. The van der Waals surface area contributed by atoms with Gasteiger partial charge in [0.15, 0.2) is 0 Å². The zero-order chi connectivity index (χ0) is 19.0. The third-order valence-electron chi connectivity index (χ3n) is 5.27. The molecule has 1 saturated heterocycles. The van der Waals surface area contributed by atoms with Crippen molar-refractivity contribution >= 4 is 11.8 Å². The number of pyridine rings is 1. The standard InChI is InChI=1S/C20H21N3O4/c1-21-19(25)14-7-13(18(24)22-17-15-10-27-11-16(15)17)9-23(20(14)26)8-12-5-3-2-4-6-12/h2-7,9,15-17H,8,10-11H2,1H3,(H,21,25)(H,22,24)/t15-,16+,17-. The van der Waals surface area contributed by atoms with E-state index in [2.05, 4.69) is 10.6 Å². The van der Waals surface area contributed by atoms with Crippen LogP contribution in [0.25, 0.3) is 0 Å². The van der Waals surface area contributed by atoms with Crippen molar-refractivity contribution in [3.8, 4) is 0 Å². The molecule has 0 radical (unpaired) electrons. The highest BCUT2D eigenvalue weighted by molar-refractivity contribution is 5.99. The molecule has 2 aliphatic rings. The molecular weight excluding hydrogens is 346 g/mol. The Balaban J connectivity index is 1.64. The molecule has 2 N–H and O–H groups in total. The van der Waals surface area contributed by atoms with Gasteiger partial charge in [-0.3, -0.25) is 14.4 Å². The van der Waals surface area contributed by atoms with Gasteiger partial charge in [-0.2, -0.15) is 0 Å². The topological polar surface area (TPSA) is 89.4 Å². The molecule has 4 rings (SSSR count). The van der Waals surface area contributed by atoms with E-state index < -0.39 is 11.5 Å². The molecule has 27 heavy (non-hydrogen) atoms. The summed E-state index contributed by atoms with van der Waals surface area (Å²) in [5, 5.41) is 5.47. The van der Waals surface area contributed by atoms with Crippen LogP contribution in [-0.2, 0) is 11.3 Å². The van der Waals surface area contributed by atoms with Gasteiger partial charge in [-0.25, -0.2) is 0 Å². The van der Waals surface area contributed by atoms with E-state index >= 15 is 0 Å². The Labute approximate surface area is 156 Å². The Morgan fingerprint density at radius 3 is 2.52 bits per heavy atom. The molecule has 1 saturated carbocycles. The molecule has 0 bridgehead atoms. The van der Waals surface area contributed by atoms with Crippen LogP contribution in [0.4, 0.5) is 0 Å². The van der Waals surface area contributed by atoms with Crippen LogP contribution >= 0.6 is 0 Å². The monoisotopic (exact) mass is 367 g/mol. The number of carbonyl (C=O) groups is 2. The second-order valence-corrected chi connectivity index (χ2v) is 7.00. The first kappa shape index (κ1) is 17.5. The number of nitrogens with zero attached hydrogens (tertiary/aromatic N) is 1. The molecule has 1 aromatic heterocycles. The average molecular weight is 367 g/mol. The van der Waals surface area contributed by atoms with Gasteiger partial charge in [0.1, 0.15) is 5.56 Å². The summed E-state index contributed by atoms with van der Waals surface area (Å²) in [4.78, 5) is 37.5. The normalized spacial score (nSPS) is 22.8. The SMILES string of the molecule is CNC(=O)c1cc(C(=O)N[C@@H]2[C@@H]3COC[C@@H]32)cn(Cc2ccccc2)c1=O. The van der Waals surface area contributed by atoms with Gasteiger partial charge in [0.05, 0.1) is 25.3 Å². The number of hydrogen-bond acceptors (Lipinski definition) is 4. The molecule has 1 aliphatic heterocycles. The lowest BCUT2D eigenvalue weighted by atomic mass is 10.1. The number of amides is 2. The Morgan fingerprint density at radius 1 is 1.15 bits per heavy atom. The van der Waals surface area contributed by atoms with Crippen molar-refractivity contribution in [2.45, 2.75) is 12.6 Å². The molecule has 0 spiro atoms. The lowest BCUT2D eigenvalue weighted by Gasteiger charge is -2.13. The maximum absolute atomic E-state index is 12.7. The molecular formula is C20H21N3O4. The van der Waals surface area contributed by atoms with E-state index in [4.69, 9.17) is 4.74 Å². The van der Waals surface area contributed by atoms with E-state index in [-0.39, 0.29) is 24.1 Å². The summed E-state index contributed by atoms with van der Waals surface area (Å²) in [7, 11) is 1.46. The summed E-state index contributed by atoms with van der Waals surface area (Å²) in [6.45, 7) is 1.63. The maximum Gasteiger partial charge on any atom is 0.263 e. The highest BCUT2D eigenvalue weighted by Crippen LogP contribution is 2.44. The van der Waals surface area contributed by atoms with Crippen LogP contribution < -0.4 is 16.2 Å². The van der Waals surface area contributed by atoms with Crippen LogP contribution in [0.15, 0.2) is 47.4 Å². The van der Waals surface area contributed by atoms with Crippen LogP contribution in [0.1, 0.15) is 26.3 Å². The van der Waals surface area contributed by atoms with Crippen LogP contribution in [0.3, 0.4) is 0 Å². The highest BCUT2D eigenvalue weighted by atomic mass is 16.5. The van der Waals surface area contributed by atoms with Gasteiger partial charge < -0.3 is 19.9 Å². The minimum atomic E-state index is -0.506. The molecule has 2 amide bonds. The number of carbonyl (C=O) groups excluding carboxylic acids is 2. The molecule has 7 nitrogen and oxygen atoms in total. The minimum absolute atomic E-state index is 0.0413. The Kier molecular flexibility index (Phi) is 4.53. The van der Waals surface area contributed by atoms with Gasteiger partial charge in [0.25, 0.3) is 17.4 Å². The molecule has 1 aromatic carbocycles. The summed E-state index contributed by atoms with van der Waals surface area (Å²) >= 11 is 0. The fourth-order valence-corrected chi connectivity index (χ4v) is 3.64. The van der Waals surface area contributed by atoms with Gasteiger partial charge in [-0.15, -0.1) is 0 Å². The largest absolute Gasteiger partial charge is 0.381 e. The smallest absolute Gasteiger partial charge is 0.263 e. The van der Waals surface area contributed by atoms with E-state index in [0.29, 0.717) is 30.6 Å². The number of ether oxygens (including phenoxy) is 1. The summed E-state index contributed by atoms with van der Waals surface area (Å²) < 4.78 is 6.75. The zero-order valence-corrected chi connectivity index (χ0v) is 15.0. The van der Waals surface area contributed by atoms with Gasteiger partial charge in [-0.1, -0.05) is 30.3 Å². The van der Waals surface area contributed by atoms with Crippen molar-refractivity contribution < 1.29 is 14.3 Å². The summed E-state index contributed by atoms with van der Waals surface area (Å²) in [6, 6.07) is 10.9. The molecule has 2 fully saturated rings. The Morgan fingerprint density at radius 2 is 1.85 bits per heavy atom. The van der Waals surface area contributed by atoms with E-state index in [1.807, 2.05) is 30.3 Å². The second kappa shape index (κ2) is 7.00. The molecule has 1 aliphatic carbocycles. The number of hydrogen-bond donors (Lipinski definition) is 2. The van der Waals surface area contributed by atoms with Gasteiger partial charge in [-0.05, 0) is 11.6 Å². The predicted octanol–water partition coefficient (Wildman–Crippen LogP) is 0.631. The first-order valence-electron chi connectivity index (χ1n) is 8.97. The molecule has 3 atom stereocenters. The molecule has 2 aromatic rings. The van der Waals surface area contributed by atoms with Crippen LogP contribution in [0, 0.1) is 11.8 Å². The highest BCUT2D eigenvalue weighted by Gasteiger charge is 2.54. The zero-order valence-electron chi connectivity index (χ0n) is 15.0. The van der Waals surface area contributed by atoms with Gasteiger partial charge in [0.2, 0.25) is 0 Å². The Hall–Kier alpha value is -2.93. The van der Waals surface area contributed by atoms with Crippen molar-refractivity contribution in [2.75, 3.05) is 20.3 Å². The lowest BCUT2D eigenvalue weighted by Crippen LogP contribution is -2.35. The second-order valence-electron chi connectivity index (χ2n) is 7.00. The number of rotatable bonds is 5. The maximum atomic E-state index is 12.7. The average Bonchev–Trinajstić information content (AvgIpc) is 3.10. The van der Waals surface area contributed by atoms with Crippen molar-refractivity contribution in [1.82, 2.24) is 15.2 Å². The number of aromatic nitrogens is 1. The van der Waals surface area contributed by atoms with Crippen LogP contribution in [-0.4, -0.2) is 42.7 Å². The molecule has 0 unspecified atom stereocenters. The number of fused-ring (bicyclic) bond motifs is 1. The number of nitrogens with one attached hydrogen (secondary N) is 2. The predicted molar refractivity (Wildman–Crippen MR) is 98.7 cm³/mol. The van der Waals surface area contributed by atoms with Crippen LogP contribution in [0.2, 0.25) is 0 Å². The van der Waals surface area contributed by atoms with Gasteiger partial charge in [0, 0.05) is 31.1 Å². The first-order chi connectivity index (χ1) is 13.1.